The fourth-order valence-electron chi connectivity index (χ4n) is 2.65. The monoisotopic (exact) mass is 319 g/mol. The van der Waals surface area contributed by atoms with E-state index in [0.29, 0.717) is 26.8 Å². The first kappa shape index (κ1) is 15.3. The summed E-state index contributed by atoms with van der Waals surface area (Å²) in [6, 6.07) is 2.20. The SMILES string of the molecule is CC1CCC(N(C)CC(=O)c2cc(Cl)sc2Cl)CC1. The van der Waals surface area contributed by atoms with E-state index >= 15 is 0 Å². The van der Waals surface area contributed by atoms with Gasteiger partial charge in [0.25, 0.3) is 0 Å². The molecule has 0 amide bonds. The molecule has 1 heterocycles. The molecule has 1 aliphatic rings. The summed E-state index contributed by atoms with van der Waals surface area (Å²) in [5.41, 5.74) is 0.563. The van der Waals surface area contributed by atoms with Crippen LogP contribution in [-0.4, -0.2) is 30.3 Å². The van der Waals surface area contributed by atoms with E-state index in [2.05, 4.69) is 11.8 Å². The molecule has 0 spiro atoms. The van der Waals surface area contributed by atoms with Crippen molar-refractivity contribution in [2.45, 2.75) is 38.6 Å². The van der Waals surface area contributed by atoms with Crippen molar-refractivity contribution < 1.29 is 4.79 Å². The molecule has 5 heteroatoms. The number of hydrogen-bond acceptors (Lipinski definition) is 3. The molecule has 19 heavy (non-hydrogen) atoms. The molecule has 0 aromatic carbocycles. The molecule has 1 aromatic rings. The van der Waals surface area contributed by atoms with Crippen molar-refractivity contribution in [3.8, 4) is 0 Å². The van der Waals surface area contributed by atoms with Gasteiger partial charge in [0.1, 0.15) is 4.34 Å². The minimum atomic E-state index is 0.0641. The normalized spacial score (nSPS) is 23.8. The van der Waals surface area contributed by atoms with Gasteiger partial charge in [-0.2, -0.15) is 0 Å². The smallest absolute Gasteiger partial charge is 0.179 e. The van der Waals surface area contributed by atoms with Crippen LogP contribution in [0.3, 0.4) is 0 Å². The lowest BCUT2D eigenvalue weighted by atomic mass is 9.86. The maximum absolute atomic E-state index is 12.2. The predicted octanol–water partition coefficient (Wildman–Crippen LogP) is 4.75. The number of ketones is 1. The van der Waals surface area contributed by atoms with Crippen LogP contribution in [0.4, 0.5) is 0 Å². The number of Topliss-reactive ketones (excluding diaryl/α,β-unsaturated/α-hetero) is 1. The molecule has 1 aromatic heterocycles. The highest BCUT2D eigenvalue weighted by Gasteiger charge is 2.24. The maximum atomic E-state index is 12.2. The van der Waals surface area contributed by atoms with E-state index in [0.717, 1.165) is 5.92 Å². The fourth-order valence-corrected chi connectivity index (χ4v) is 4.15. The summed E-state index contributed by atoms with van der Waals surface area (Å²) in [5, 5.41) is 0. The number of hydrogen-bond donors (Lipinski definition) is 0. The van der Waals surface area contributed by atoms with Crippen LogP contribution in [0.5, 0.6) is 0 Å². The van der Waals surface area contributed by atoms with Gasteiger partial charge in [0, 0.05) is 6.04 Å². The number of carbonyl (C=O) groups excluding carboxylic acids is 1. The van der Waals surface area contributed by atoms with Crippen LogP contribution >= 0.6 is 34.5 Å². The molecule has 1 saturated carbocycles. The number of nitrogens with zero attached hydrogens (tertiary/aromatic N) is 1. The summed E-state index contributed by atoms with van der Waals surface area (Å²) in [7, 11) is 2.03. The molecule has 0 atom stereocenters. The predicted molar refractivity (Wildman–Crippen MR) is 82.7 cm³/mol. The van der Waals surface area contributed by atoms with Crippen molar-refractivity contribution in [3.05, 3.63) is 20.3 Å². The third-order valence-electron chi connectivity index (χ3n) is 3.96. The highest BCUT2D eigenvalue weighted by atomic mass is 35.5. The van der Waals surface area contributed by atoms with Gasteiger partial charge in [0.05, 0.1) is 16.4 Å². The molecule has 2 nitrogen and oxygen atoms in total. The molecule has 0 unspecified atom stereocenters. The van der Waals surface area contributed by atoms with E-state index in [1.807, 2.05) is 7.05 Å². The molecule has 1 aliphatic carbocycles. The number of carbonyl (C=O) groups is 1. The zero-order valence-electron chi connectivity index (χ0n) is 11.3. The second-order valence-corrected chi connectivity index (χ2v) is 7.78. The number of likely N-dealkylation sites (N-methyl/N-ethyl adjacent to an activating group) is 1. The Hall–Kier alpha value is -0.0900. The van der Waals surface area contributed by atoms with Crippen LogP contribution in [0.15, 0.2) is 6.07 Å². The van der Waals surface area contributed by atoms with Crippen molar-refractivity contribution in [1.82, 2.24) is 4.90 Å². The second kappa shape index (κ2) is 6.57. The first-order valence-electron chi connectivity index (χ1n) is 6.65. The molecule has 0 radical (unpaired) electrons. The Kier molecular flexibility index (Phi) is 5.29. The molecule has 0 bridgehead atoms. The minimum absolute atomic E-state index is 0.0641. The van der Waals surface area contributed by atoms with Crippen LogP contribution in [0.2, 0.25) is 8.67 Å². The summed E-state index contributed by atoms with van der Waals surface area (Å²) in [6.07, 6.45) is 4.88. The van der Waals surface area contributed by atoms with Crippen molar-refractivity contribution in [3.63, 3.8) is 0 Å². The molecule has 1 fully saturated rings. The van der Waals surface area contributed by atoms with E-state index in [1.54, 1.807) is 6.07 Å². The van der Waals surface area contributed by atoms with Crippen LogP contribution in [0.1, 0.15) is 43.0 Å². The summed E-state index contributed by atoms with van der Waals surface area (Å²) in [6.45, 7) is 2.72. The van der Waals surface area contributed by atoms with Gasteiger partial charge in [-0.1, -0.05) is 30.1 Å². The van der Waals surface area contributed by atoms with Gasteiger partial charge < -0.3 is 0 Å². The Morgan fingerprint density at radius 2 is 2.00 bits per heavy atom. The van der Waals surface area contributed by atoms with Crippen molar-refractivity contribution in [1.29, 1.82) is 0 Å². The Morgan fingerprint density at radius 1 is 1.37 bits per heavy atom. The second-order valence-electron chi connectivity index (χ2n) is 5.49. The van der Waals surface area contributed by atoms with E-state index in [4.69, 9.17) is 23.2 Å². The minimum Gasteiger partial charge on any atom is -0.296 e. The van der Waals surface area contributed by atoms with E-state index in [9.17, 15) is 4.79 Å². The van der Waals surface area contributed by atoms with Crippen LogP contribution in [0, 0.1) is 5.92 Å². The summed E-state index contributed by atoms with van der Waals surface area (Å²) in [5.74, 6) is 0.889. The molecule has 0 N–H and O–H groups in total. The topological polar surface area (TPSA) is 20.3 Å². The van der Waals surface area contributed by atoms with Crippen LogP contribution < -0.4 is 0 Å². The molecular formula is C14H19Cl2NOS. The van der Waals surface area contributed by atoms with E-state index in [-0.39, 0.29) is 5.78 Å². The lowest BCUT2D eigenvalue weighted by Gasteiger charge is -2.33. The Balaban J connectivity index is 1.93. The third-order valence-corrected chi connectivity index (χ3v) is 5.45. The van der Waals surface area contributed by atoms with Gasteiger partial charge in [0.2, 0.25) is 0 Å². The van der Waals surface area contributed by atoms with Gasteiger partial charge in [0.15, 0.2) is 5.78 Å². The number of rotatable bonds is 4. The Bertz CT molecular complexity index is 452. The highest BCUT2D eigenvalue weighted by Crippen LogP contribution is 2.32. The first-order valence-corrected chi connectivity index (χ1v) is 8.23. The maximum Gasteiger partial charge on any atom is 0.179 e. The Morgan fingerprint density at radius 3 is 2.53 bits per heavy atom. The fraction of sp³-hybridized carbons (Fsp3) is 0.643. The van der Waals surface area contributed by atoms with Gasteiger partial charge in [-0.15, -0.1) is 11.3 Å². The Labute approximate surface area is 128 Å². The average molecular weight is 320 g/mol. The lowest BCUT2D eigenvalue weighted by Crippen LogP contribution is -2.38. The van der Waals surface area contributed by atoms with Gasteiger partial charge in [-0.25, -0.2) is 0 Å². The van der Waals surface area contributed by atoms with Gasteiger partial charge in [-0.3, -0.25) is 9.69 Å². The zero-order chi connectivity index (χ0) is 14.0. The summed E-state index contributed by atoms with van der Waals surface area (Å²) < 4.78 is 1.07. The average Bonchev–Trinajstić information content (AvgIpc) is 2.69. The van der Waals surface area contributed by atoms with Crippen molar-refractivity contribution >= 4 is 40.3 Å². The standard InChI is InChI=1S/C14H19Cl2NOS/c1-9-3-5-10(6-4-9)17(2)8-12(18)11-7-13(15)19-14(11)16/h7,9-10H,3-6,8H2,1-2H3. The largest absolute Gasteiger partial charge is 0.296 e. The molecule has 0 aliphatic heterocycles. The number of thiophene rings is 1. The third kappa shape index (κ3) is 3.94. The molecular weight excluding hydrogens is 301 g/mol. The van der Waals surface area contributed by atoms with Crippen LogP contribution in [0.25, 0.3) is 0 Å². The van der Waals surface area contributed by atoms with E-state index < -0.39 is 0 Å². The van der Waals surface area contributed by atoms with Crippen molar-refractivity contribution in [2.75, 3.05) is 13.6 Å². The molecule has 106 valence electrons. The summed E-state index contributed by atoms with van der Waals surface area (Å²) >= 11 is 13.2. The lowest BCUT2D eigenvalue weighted by molar-refractivity contribution is 0.0889. The van der Waals surface area contributed by atoms with Crippen LogP contribution in [-0.2, 0) is 0 Å². The molecule has 0 saturated heterocycles. The first-order chi connectivity index (χ1) is 8.97. The highest BCUT2D eigenvalue weighted by molar-refractivity contribution is 7.20. The molecule has 2 rings (SSSR count). The van der Waals surface area contributed by atoms with Gasteiger partial charge >= 0.3 is 0 Å². The quantitative estimate of drug-likeness (QED) is 0.746. The van der Waals surface area contributed by atoms with Gasteiger partial charge in [-0.05, 0) is 44.7 Å². The summed E-state index contributed by atoms with van der Waals surface area (Å²) in [4.78, 5) is 14.4. The number of halogens is 2. The van der Waals surface area contributed by atoms with E-state index in [1.165, 1.54) is 37.0 Å². The van der Waals surface area contributed by atoms with Crippen molar-refractivity contribution in [2.24, 2.45) is 5.92 Å². The zero-order valence-corrected chi connectivity index (χ0v) is 13.6.